The van der Waals surface area contributed by atoms with Crippen LogP contribution in [0.4, 0.5) is 4.39 Å². The Balaban J connectivity index is 2.89. The van der Waals surface area contributed by atoms with Gasteiger partial charge in [0.05, 0.1) is 6.20 Å². The number of halogens is 1. The molecule has 0 aliphatic heterocycles. The van der Waals surface area contributed by atoms with Gasteiger partial charge in [0.15, 0.2) is 0 Å². The topological polar surface area (TPSA) is 28.7 Å². The van der Waals surface area contributed by atoms with Crippen LogP contribution < -0.4 is 0 Å². The second-order valence-corrected chi connectivity index (χ2v) is 2.95. The van der Waals surface area contributed by atoms with Gasteiger partial charge in [0.2, 0.25) is 0 Å². The number of aromatic nitrogens is 2. The predicted molar refractivity (Wildman–Crippen MR) is 45.5 cm³/mol. The number of hydrogen-bond acceptors (Lipinski definition) is 1. The Hall–Kier alpha value is -1.38. The molecule has 62 valence electrons. The number of aromatic amines is 1. The molecule has 0 aliphatic carbocycles. The van der Waals surface area contributed by atoms with Crippen molar-refractivity contribution in [3.63, 3.8) is 0 Å². The zero-order valence-corrected chi connectivity index (χ0v) is 6.98. The second-order valence-electron chi connectivity index (χ2n) is 2.95. The number of H-pyrrole nitrogens is 1. The van der Waals surface area contributed by atoms with E-state index in [0.717, 1.165) is 16.7 Å². The summed E-state index contributed by atoms with van der Waals surface area (Å²) in [6.07, 6.45) is 1.24. The highest BCUT2D eigenvalue weighted by Gasteiger charge is 2.05. The maximum atomic E-state index is 13.0. The first-order chi connectivity index (χ1) is 5.68. The molecular weight excluding hydrogens is 155 g/mol. The summed E-state index contributed by atoms with van der Waals surface area (Å²) in [6.45, 7) is 3.69. The van der Waals surface area contributed by atoms with Crippen molar-refractivity contribution in [2.75, 3.05) is 0 Å². The van der Waals surface area contributed by atoms with E-state index >= 15 is 0 Å². The minimum absolute atomic E-state index is 0.249. The first-order valence-corrected chi connectivity index (χ1v) is 3.79. The van der Waals surface area contributed by atoms with Gasteiger partial charge in [-0.2, -0.15) is 0 Å². The van der Waals surface area contributed by atoms with Crippen LogP contribution in [-0.2, 0) is 0 Å². The lowest BCUT2D eigenvalue weighted by Crippen LogP contribution is -1.85. The fourth-order valence-electron chi connectivity index (χ4n) is 1.31. The van der Waals surface area contributed by atoms with E-state index in [1.165, 1.54) is 6.20 Å². The van der Waals surface area contributed by atoms with Crippen molar-refractivity contribution in [1.82, 2.24) is 9.97 Å². The van der Waals surface area contributed by atoms with E-state index in [1.807, 2.05) is 13.0 Å². The fourth-order valence-corrected chi connectivity index (χ4v) is 1.31. The number of hydrogen-bond donors (Lipinski definition) is 1. The van der Waals surface area contributed by atoms with E-state index in [2.05, 4.69) is 9.97 Å². The average Bonchev–Trinajstić information content (AvgIpc) is 2.39. The molecule has 2 aromatic heterocycles. The van der Waals surface area contributed by atoms with Crippen LogP contribution in [0.2, 0.25) is 0 Å². The predicted octanol–water partition coefficient (Wildman–Crippen LogP) is 2.32. The number of nitrogens with one attached hydrogen (secondary N) is 1. The third-order valence-corrected chi connectivity index (χ3v) is 2.00. The van der Waals surface area contributed by atoms with Gasteiger partial charge in [-0.1, -0.05) is 0 Å². The van der Waals surface area contributed by atoms with Crippen molar-refractivity contribution in [3.05, 3.63) is 29.3 Å². The van der Waals surface area contributed by atoms with Crippen LogP contribution >= 0.6 is 0 Å². The van der Waals surface area contributed by atoms with Gasteiger partial charge in [0, 0.05) is 11.1 Å². The van der Waals surface area contributed by atoms with E-state index < -0.39 is 0 Å². The molecule has 1 N–H and O–H groups in total. The maximum Gasteiger partial charge on any atom is 0.145 e. The molecule has 0 spiro atoms. The van der Waals surface area contributed by atoms with Gasteiger partial charge in [0.25, 0.3) is 0 Å². The Bertz CT molecular complexity index is 431. The molecule has 0 unspecified atom stereocenters. The molecule has 2 heterocycles. The van der Waals surface area contributed by atoms with Crippen LogP contribution in [0.1, 0.15) is 11.3 Å². The molecule has 0 aromatic carbocycles. The van der Waals surface area contributed by atoms with Crippen LogP contribution in [0.25, 0.3) is 11.0 Å². The van der Waals surface area contributed by atoms with E-state index in [1.54, 1.807) is 6.92 Å². The number of fused-ring (bicyclic) bond motifs is 1. The molecule has 0 radical (unpaired) electrons. The highest BCUT2D eigenvalue weighted by molar-refractivity contribution is 5.80. The average molecular weight is 164 g/mol. The number of pyridine rings is 1. The summed E-state index contributed by atoms with van der Waals surface area (Å²) in [6, 6.07) is 1.90. The van der Waals surface area contributed by atoms with Gasteiger partial charge >= 0.3 is 0 Å². The standard InChI is InChI=1S/C9H9FN2/c1-5-3-7-6(2)8(10)4-11-9(7)12-5/h3-4H,1-2H3,(H,11,12). The first kappa shape index (κ1) is 7.28. The molecular formula is C9H9FN2. The third kappa shape index (κ3) is 0.897. The molecule has 2 aromatic rings. The van der Waals surface area contributed by atoms with Gasteiger partial charge in [0.1, 0.15) is 11.5 Å². The van der Waals surface area contributed by atoms with Crippen LogP contribution in [-0.4, -0.2) is 9.97 Å². The molecule has 2 nitrogen and oxygen atoms in total. The summed E-state index contributed by atoms with van der Waals surface area (Å²) < 4.78 is 13.0. The van der Waals surface area contributed by atoms with Crippen molar-refractivity contribution in [2.45, 2.75) is 13.8 Å². The summed E-state index contributed by atoms with van der Waals surface area (Å²) in [7, 11) is 0. The highest BCUT2D eigenvalue weighted by Crippen LogP contribution is 2.18. The third-order valence-electron chi connectivity index (χ3n) is 2.00. The molecule has 0 fully saturated rings. The smallest absolute Gasteiger partial charge is 0.145 e. The van der Waals surface area contributed by atoms with Crippen molar-refractivity contribution in [2.24, 2.45) is 0 Å². The molecule has 2 rings (SSSR count). The summed E-state index contributed by atoms with van der Waals surface area (Å²) in [5.41, 5.74) is 2.42. The van der Waals surface area contributed by atoms with Gasteiger partial charge in [-0.3, -0.25) is 0 Å². The zero-order valence-electron chi connectivity index (χ0n) is 6.98. The van der Waals surface area contributed by atoms with Crippen LogP contribution in [0.15, 0.2) is 12.3 Å². The molecule has 3 heteroatoms. The zero-order chi connectivity index (χ0) is 8.72. The summed E-state index contributed by atoms with van der Waals surface area (Å²) >= 11 is 0. The lowest BCUT2D eigenvalue weighted by atomic mass is 10.2. The maximum absolute atomic E-state index is 13.0. The molecule has 0 atom stereocenters. The Morgan fingerprint density at radius 3 is 2.92 bits per heavy atom. The minimum atomic E-state index is -0.249. The lowest BCUT2D eigenvalue weighted by Gasteiger charge is -1.95. The van der Waals surface area contributed by atoms with Gasteiger partial charge in [-0.15, -0.1) is 0 Å². The normalized spacial score (nSPS) is 10.9. The highest BCUT2D eigenvalue weighted by atomic mass is 19.1. The Morgan fingerprint density at radius 1 is 1.42 bits per heavy atom. The molecule has 12 heavy (non-hydrogen) atoms. The van der Waals surface area contributed by atoms with Crippen LogP contribution in [0, 0.1) is 19.7 Å². The van der Waals surface area contributed by atoms with Crippen LogP contribution in [0.5, 0.6) is 0 Å². The summed E-state index contributed by atoms with van der Waals surface area (Å²) in [4.78, 5) is 6.98. The monoisotopic (exact) mass is 164 g/mol. The largest absolute Gasteiger partial charge is 0.344 e. The second kappa shape index (κ2) is 2.30. The Morgan fingerprint density at radius 2 is 2.17 bits per heavy atom. The first-order valence-electron chi connectivity index (χ1n) is 3.79. The molecule has 0 aliphatic rings. The van der Waals surface area contributed by atoms with E-state index in [0.29, 0.717) is 5.56 Å². The van der Waals surface area contributed by atoms with Gasteiger partial charge < -0.3 is 4.98 Å². The number of rotatable bonds is 0. The molecule has 0 saturated carbocycles. The summed E-state index contributed by atoms with van der Waals surface area (Å²) in [5.74, 6) is -0.249. The molecule has 0 amide bonds. The quantitative estimate of drug-likeness (QED) is 0.636. The lowest BCUT2D eigenvalue weighted by molar-refractivity contribution is 0.615. The molecule has 0 bridgehead atoms. The van der Waals surface area contributed by atoms with Crippen molar-refractivity contribution < 1.29 is 4.39 Å². The van der Waals surface area contributed by atoms with E-state index in [-0.39, 0.29) is 5.82 Å². The van der Waals surface area contributed by atoms with Crippen molar-refractivity contribution in [1.29, 1.82) is 0 Å². The minimum Gasteiger partial charge on any atom is -0.344 e. The van der Waals surface area contributed by atoms with Gasteiger partial charge in [-0.25, -0.2) is 9.37 Å². The van der Waals surface area contributed by atoms with E-state index in [4.69, 9.17) is 0 Å². The number of aryl methyl sites for hydroxylation is 2. The Labute approximate surface area is 69.4 Å². The van der Waals surface area contributed by atoms with Crippen LogP contribution in [0.3, 0.4) is 0 Å². The SMILES string of the molecule is Cc1cc2c(C)c(F)cnc2[nH]1. The van der Waals surface area contributed by atoms with Gasteiger partial charge in [-0.05, 0) is 25.5 Å². The van der Waals surface area contributed by atoms with Crippen molar-refractivity contribution in [3.8, 4) is 0 Å². The van der Waals surface area contributed by atoms with Crippen molar-refractivity contribution >= 4 is 11.0 Å². The fraction of sp³-hybridized carbons (Fsp3) is 0.222. The van der Waals surface area contributed by atoms with E-state index in [9.17, 15) is 4.39 Å². The Kier molecular flexibility index (Phi) is 1.40. The number of nitrogens with zero attached hydrogens (tertiary/aromatic N) is 1. The molecule has 0 saturated heterocycles. The summed E-state index contributed by atoms with van der Waals surface area (Å²) in [5, 5.41) is 0.868.